The van der Waals surface area contributed by atoms with Crippen molar-refractivity contribution < 1.29 is 4.79 Å². The molecule has 0 aliphatic heterocycles. The average Bonchev–Trinajstić information content (AvgIpc) is 2.97. The third-order valence-corrected chi connectivity index (χ3v) is 3.48. The fraction of sp³-hybridized carbons (Fsp3) is 0.462. The molecule has 1 amide bonds. The van der Waals surface area contributed by atoms with Crippen LogP contribution in [0, 0.1) is 5.92 Å². The van der Waals surface area contributed by atoms with Gasteiger partial charge in [-0.25, -0.2) is 0 Å². The smallest absolute Gasteiger partial charge is 0.251 e. The standard InChI is InChI=1S/C13H16BrNO/c1-2-4-9-8-12(9)15-13(16)10-5-3-6-11(14)7-10/h3,5-7,9,12H,2,4,8H2,1H3,(H,15,16). The molecule has 0 spiro atoms. The topological polar surface area (TPSA) is 29.1 Å². The lowest BCUT2D eigenvalue weighted by atomic mass is 10.2. The van der Waals surface area contributed by atoms with Crippen LogP contribution in [-0.2, 0) is 0 Å². The molecule has 1 aliphatic rings. The van der Waals surface area contributed by atoms with E-state index in [1.807, 2.05) is 24.3 Å². The first-order chi connectivity index (χ1) is 7.70. The van der Waals surface area contributed by atoms with E-state index in [-0.39, 0.29) is 5.91 Å². The van der Waals surface area contributed by atoms with Crippen molar-refractivity contribution >= 4 is 21.8 Å². The quantitative estimate of drug-likeness (QED) is 0.901. The van der Waals surface area contributed by atoms with Crippen molar-refractivity contribution in [2.45, 2.75) is 32.2 Å². The minimum absolute atomic E-state index is 0.0462. The maximum Gasteiger partial charge on any atom is 0.251 e. The minimum Gasteiger partial charge on any atom is -0.349 e. The van der Waals surface area contributed by atoms with Crippen molar-refractivity contribution in [2.24, 2.45) is 5.92 Å². The van der Waals surface area contributed by atoms with Gasteiger partial charge in [0.15, 0.2) is 0 Å². The van der Waals surface area contributed by atoms with E-state index in [1.54, 1.807) is 0 Å². The molecule has 1 aromatic carbocycles. The molecular weight excluding hydrogens is 266 g/mol. The van der Waals surface area contributed by atoms with Gasteiger partial charge in [0.25, 0.3) is 5.91 Å². The summed E-state index contributed by atoms with van der Waals surface area (Å²) in [7, 11) is 0. The van der Waals surface area contributed by atoms with Gasteiger partial charge in [0.2, 0.25) is 0 Å². The second kappa shape index (κ2) is 5.00. The normalized spacial score (nSPS) is 22.9. The van der Waals surface area contributed by atoms with Crippen LogP contribution in [-0.4, -0.2) is 11.9 Å². The van der Waals surface area contributed by atoms with Gasteiger partial charge < -0.3 is 5.32 Å². The summed E-state index contributed by atoms with van der Waals surface area (Å²) < 4.78 is 0.945. The second-order valence-electron chi connectivity index (χ2n) is 4.37. The molecule has 3 heteroatoms. The summed E-state index contributed by atoms with van der Waals surface area (Å²) in [5.41, 5.74) is 0.733. The number of amides is 1. The molecule has 0 heterocycles. The van der Waals surface area contributed by atoms with Gasteiger partial charge in [-0.3, -0.25) is 4.79 Å². The molecule has 86 valence electrons. The number of carbonyl (C=O) groups excluding carboxylic acids is 1. The largest absolute Gasteiger partial charge is 0.349 e. The predicted molar refractivity (Wildman–Crippen MR) is 68.4 cm³/mol. The molecule has 2 rings (SSSR count). The molecular formula is C13H16BrNO. The van der Waals surface area contributed by atoms with Gasteiger partial charge in [-0.2, -0.15) is 0 Å². The highest BCUT2D eigenvalue weighted by Crippen LogP contribution is 2.34. The molecule has 2 nitrogen and oxygen atoms in total. The Hall–Kier alpha value is -0.830. The van der Waals surface area contributed by atoms with Crippen LogP contribution in [0.4, 0.5) is 0 Å². The molecule has 1 aromatic rings. The van der Waals surface area contributed by atoms with Crippen molar-refractivity contribution in [2.75, 3.05) is 0 Å². The Morgan fingerprint density at radius 1 is 1.56 bits per heavy atom. The summed E-state index contributed by atoms with van der Waals surface area (Å²) in [6.07, 6.45) is 3.57. The first kappa shape index (κ1) is 11.6. The van der Waals surface area contributed by atoms with Crippen molar-refractivity contribution in [3.8, 4) is 0 Å². The first-order valence-electron chi connectivity index (χ1n) is 5.77. The highest BCUT2D eigenvalue weighted by Gasteiger charge is 2.37. The van der Waals surface area contributed by atoms with Crippen molar-refractivity contribution in [3.63, 3.8) is 0 Å². The van der Waals surface area contributed by atoms with E-state index in [0.29, 0.717) is 12.0 Å². The maximum absolute atomic E-state index is 11.9. The Bertz CT molecular complexity index is 391. The van der Waals surface area contributed by atoms with Crippen LogP contribution in [0.1, 0.15) is 36.5 Å². The third kappa shape index (κ3) is 2.85. The average molecular weight is 282 g/mol. The van der Waals surface area contributed by atoms with Crippen LogP contribution in [0.25, 0.3) is 0 Å². The highest BCUT2D eigenvalue weighted by atomic mass is 79.9. The number of halogens is 1. The molecule has 16 heavy (non-hydrogen) atoms. The lowest BCUT2D eigenvalue weighted by Crippen LogP contribution is -2.26. The van der Waals surface area contributed by atoms with E-state index in [9.17, 15) is 4.79 Å². The Morgan fingerprint density at radius 3 is 3.06 bits per heavy atom. The van der Waals surface area contributed by atoms with Crippen molar-refractivity contribution in [1.82, 2.24) is 5.32 Å². The molecule has 1 aliphatic carbocycles. The van der Waals surface area contributed by atoms with Crippen LogP contribution in [0.5, 0.6) is 0 Å². The molecule has 1 N–H and O–H groups in total. The lowest BCUT2D eigenvalue weighted by molar-refractivity contribution is 0.0949. The summed E-state index contributed by atoms with van der Waals surface area (Å²) in [6, 6.07) is 7.92. The third-order valence-electron chi connectivity index (χ3n) is 2.99. The van der Waals surface area contributed by atoms with Crippen molar-refractivity contribution in [1.29, 1.82) is 0 Å². The van der Waals surface area contributed by atoms with E-state index in [1.165, 1.54) is 12.8 Å². The van der Waals surface area contributed by atoms with Gasteiger partial charge in [0, 0.05) is 16.1 Å². The van der Waals surface area contributed by atoms with E-state index in [4.69, 9.17) is 0 Å². The number of nitrogens with one attached hydrogen (secondary N) is 1. The van der Waals surface area contributed by atoms with E-state index >= 15 is 0 Å². The van der Waals surface area contributed by atoms with Gasteiger partial charge in [-0.15, -0.1) is 0 Å². The van der Waals surface area contributed by atoms with Crippen LogP contribution >= 0.6 is 15.9 Å². The second-order valence-corrected chi connectivity index (χ2v) is 5.29. The molecule has 0 radical (unpaired) electrons. The Morgan fingerprint density at radius 2 is 2.38 bits per heavy atom. The SMILES string of the molecule is CCCC1CC1NC(=O)c1cccc(Br)c1. The minimum atomic E-state index is 0.0462. The number of hydrogen-bond acceptors (Lipinski definition) is 1. The summed E-state index contributed by atoms with van der Waals surface area (Å²) in [5.74, 6) is 0.756. The molecule has 2 unspecified atom stereocenters. The van der Waals surface area contributed by atoms with E-state index in [2.05, 4.69) is 28.2 Å². The first-order valence-corrected chi connectivity index (χ1v) is 6.56. The zero-order valence-electron chi connectivity index (χ0n) is 9.37. The summed E-state index contributed by atoms with van der Waals surface area (Å²) >= 11 is 3.37. The van der Waals surface area contributed by atoms with Crippen molar-refractivity contribution in [3.05, 3.63) is 34.3 Å². The van der Waals surface area contributed by atoms with Gasteiger partial charge in [-0.1, -0.05) is 35.3 Å². The molecule has 0 bridgehead atoms. The number of rotatable bonds is 4. The highest BCUT2D eigenvalue weighted by molar-refractivity contribution is 9.10. The predicted octanol–water partition coefficient (Wildman–Crippen LogP) is 3.37. The van der Waals surface area contributed by atoms with E-state index in [0.717, 1.165) is 16.5 Å². The summed E-state index contributed by atoms with van der Waals surface area (Å²) in [4.78, 5) is 11.9. The van der Waals surface area contributed by atoms with Crippen LogP contribution in [0.15, 0.2) is 28.7 Å². The fourth-order valence-corrected chi connectivity index (χ4v) is 2.39. The van der Waals surface area contributed by atoms with E-state index < -0.39 is 0 Å². The zero-order chi connectivity index (χ0) is 11.5. The molecule has 1 fully saturated rings. The van der Waals surface area contributed by atoms with Gasteiger partial charge >= 0.3 is 0 Å². The fourth-order valence-electron chi connectivity index (χ4n) is 2.00. The Kier molecular flexibility index (Phi) is 3.64. The van der Waals surface area contributed by atoms with Crippen LogP contribution in [0.2, 0.25) is 0 Å². The summed E-state index contributed by atoms with van der Waals surface area (Å²) in [6.45, 7) is 2.19. The molecule has 0 aromatic heterocycles. The molecule has 0 saturated heterocycles. The lowest BCUT2D eigenvalue weighted by Gasteiger charge is -2.04. The van der Waals surface area contributed by atoms with Crippen LogP contribution < -0.4 is 5.32 Å². The van der Waals surface area contributed by atoms with Gasteiger partial charge in [0.05, 0.1) is 0 Å². The van der Waals surface area contributed by atoms with Gasteiger partial charge in [0.1, 0.15) is 0 Å². The van der Waals surface area contributed by atoms with Crippen LogP contribution in [0.3, 0.4) is 0 Å². The zero-order valence-corrected chi connectivity index (χ0v) is 11.0. The van der Waals surface area contributed by atoms with Gasteiger partial charge in [-0.05, 0) is 37.0 Å². The monoisotopic (exact) mass is 281 g/mol. The molecule has 2 atom stereocenters. The number of hydrogen-bond donors (Lipinski definition) is 1. The number of benzene rings is 1. The Balaban J connectivity index is 1.90. The molecule has 1 saturated carbocycles. The number of carbonyl (C=O) groups is 1. The Labute approximate surface area is 105 Å². The summed E-state index contributed by atoms with van der Waals surface area (Å²) in [5, 5.41) is 3.07. The maximum atomic E-state index is 11.9.